The van der Waals surface area contributed by atoms with Gasteiger partial charge in [0.1, 0.15) is 22.2 Å². The number of aryl methyl sites for hydroxylation is 1. The molecule has 0 unspecified atom stereocenters. The fourth-order valence-corrected chi connectivity index (χ4v) is 5.87. The van der Waals surface area contributed by atoms with Crippen LogP contribution in [0.25, 0.3) is 32.8 Å². The lowest BCUT2D eigenvalue weighted by molar-refractivity contribution is 0.0373. The van der Waals surface area contributed by atoms with Gasteiger partial charge >= 0.3 is 6.09 Å². The van der Waals surface area contributed by atoms with E-state index in [9.17, 15) is 9.59 Å². The van der Waals surface area contributed by atoms with E-state index in [1.807, 2.05) is 11.6 Å². The van der Waals surface area contributed by atoms with E-state index in [0.29, 0.717) is 49.5 Å². The molecule has 0 bridgehead atoms. The Morgan fingerprint density at radius 1 is 1.25 bits per heavy atom. The summed E-state index contributed by atoms with van der Waals surface area (Å²) in [5.74, 6) is 1.18. The van der Waals surface area contributed by atoms with Crippen LogP contribution in [0.2, 0.25) is 0 Å². The van der Waals surface area contributed by atoms with Crippen molar-refractivity contribution in [2.45, 2.75) is 25.5 Å². The van der Waals surface area contributed by atoms with Crippen LogP contribution in [0.4, 0.5) is 4.79 Å². The van der Waals surface area contributed by atoms with Gasteiger partial charge in [-0.05, 0) is 42.5 Å². The van der Waals surface area contributed by atoms with Gasteiger partial charge in [0, 0.05) is 38.2 Å². The number of hydrogen-bond acceptors (Lipinski definition) is 7. The predicted molar refractivity (Wildman–Crippen MR) is 138 cm³/mol. The van der Waals surface area contributed by atoms with Crippen molar-refractivity contribution >= 4 is 44.6 Å². The summed E-state index contributed by atoms with van der Waals surface area (Å²) in [6, 6.07) is 7.78. The highest BCUT2D eigenvalue weighted by Crippen LogP contribution is 2.36. The van der Waals surface area contributed by atoms with E-state index >= 15 is 0 Å². The Hall–Kier alpha value is -3.57. The highest BCUT2D eigenvalue weighted by molar-refractivity contribution is 7.16. The van der Waals surface area contributed by atoms with Gasteiger partial charge in [-0.25, -0.2) is 9.78 Å². The number of carbonyl (C=O) groups excluding carboxylic acids is 2. The summed E-state index contributed by atoms with van der Waals surface area (Å²) in [5.41, 5.74) is 8.10. The molecule has 3 aromatic heterocycles. The molecule has 1 saturated heterocycles. The number of nitrogens with zero attached hydrogens (tertiary/aromatic N) is 4. The molecular weight excluding hydrogens is 482 g/mol. The van der Waals surface area contributed by atoms with Gasteiger partial charge < -0.3 is 34.0 Å². The van der Waals surface area contributed by atoms with Crippen LogP contribution < -0.4 is 10.5 Å². The second kappa shape index (κ2) is 9.82. The van der Waals surface area contributed by atoms with E-state index in [-0.39, 0.29) is 5.91 Å². The maximum absolute atomic E-state index is 13.4. The molecule has 10 nitrogen and oxygen atoms in total. The fourth-order valence-electron chi connectivity index (χ4n) is 4.95. The van der Waals surface area contributed by atoms with Gasteiger partial charge in [0.25, 0.3) is 5.91 Å². The van der Waals surface area contributed by atoms with Crippen LogP contribution in [-0.4, -0.2) is 71.0 Å². The second-order valence-electron chi connectivity index (χ2n) is 8.85. The van der Waals surface area contributed by atoms with E-state index in [4.69, 9.17) is 24.9 Å². The summed E-state index contributed by atoms with van der Waals surface area (Å²) in [6.45, 7) is 2.16. The van der Waals surface area contributed by atoms with Gasteiger partial charge in [0.05, 0.1) is 31.5 Å². The van der Waals surface area contributed by atoms with E-state index < -0.39 is 12.2 Å². The first kappa shape index (κ1) is 24.1. The number of primary amides is 1. The largest absolute Gasteiger partial charge is 0.494 e. The Bertz CT molecular complexity index is 1440. The molecule has 36 heavy (non-hydrogen) atoms. The highest BCUT2D eigenvalue weighted by Gasteiger charge is 2.28. The molecule has 1 fully saturated rings. The minimum absolute atomic E-state index is 0.163. The third-order valence-corrected chi connectivity index (χ3v) is 7.55. The van der Waals surface area contributed by atoms with Gasteiger partial charge in [-0.2, -0.15) is 0 Å². The summed E-state index contributed by atoms with van der Waals surface area (Å²) >= 11 is 1.68. The zero-order valence-electron chi connectivity index (χ0n) is 20.5. The molecule has 11 heteroatoms. The number of benzene rings is 1. The molecule has 1 atom stereocenters. The normalized spacial score (nSPS) is 16.1. The van der Waals surface area contributed by atoms with Crippen molar-refractivity contribution in [3.05, 3.63) is 35.2 Å². The predicted octanol–water partition coefficient (Wildman–Crippen LogP) is 3.61. The summed E-state index contributed by atoms with van der Waals surface area (Å²) in [4.78, 5) is 32.4. The van der Waals surface area contributed by atoms with Crippen molar-refractivity contribution in [1.29, 1.82) is 0 Å². The first-order valence-electron chi connectivity index (χ1n) is 11.8. The van der Waals surface area contributed by atoms with Crippen LogP contribution >= 0.6 is 11.3 Å². The van der Waals surface area contributed by atoms with Crippen LogP contribution in [0.1, 0.15) is 23.2 Å². The number of fused-ring (bicyclic) bond motifs is 2. The van der Waals surface area contributed by atoms with Crippen molar-refractivity contribution in [2.24, 2.45) is 12.8 Å². The number of piperidine rings is 1. The monoisotopic (exact) mass is 511 g/mol. The van der Waals surface area contributed by atoms with Crippen LogP contribution in [0.5, 0.6) is 5.75 Å². The molecule has 4 heterocycles. The van der Waals surface area contributed by atoms with Crippen molar-refractivity contribution in [3.63, 3.8) is 0 Å². The molecule has 0 saturated carbocycles. The number of thiophene rings is 1. The van der Waals surface area contributed by atoms with Gasteiger partial charge in [-0.15, -0.1) is 11.3 Å². The summed E-state index contributed by atoms with van der Waals surface area (Å²) < 4.78 is 20.4. The SMILES string of the molecule is COCCn1c(-c2nc3cc(C(=O)N4CCC[C@@H](OC(N)=O)C4)cc(OC)c3n2C)cc2ccsc21. The summed E-state index contributed by atoms with van der Waals surface area (Å²) in [7, 11) is 5.23. The molecule has 1 aliphatic rings. The van der Waals surface area contributed by atoms with Crippen molar-refractivity contribution in [1.82, 2.24) is 19.0 Å². The molecule has 1 aliphatic heterocycles. The number of hydrogen-bond donors (Lipinski definition) is 1. The van der Waals surface area contributed by atoms with Gasteiger partial charge in [0.2, 0.25) is 0 Å². The fraction of sp³-hybridized carbons (Fsp3) is 0.400. The summed E-state index contributed by atoms with van der Waals surface area (Å²) in [6.07, 6.45) is 0.181. The Morgan fingerprint density at radius 3 is 2.83 bits per heavy atom. The Labute approximate surface area is 212 Å². The van der Waals surface area contributed by atoms with Crippen molar-refractivity contribution in [2.75, 3.05) is 33.9 Å². The molecule has 2 amide bonds. The van der Waals surface area contributed by atoms with Crippen LogP contribution in [0.15, 0.2) is 29.6 Å². The number of imidazole rings is 1. The zero-order chi connectivity index (χ0) is 25.4. The van der Waals surface area contributed by atoms with Gasteiger partial charge in [0.15, 0.2) is 5.82 Å². The molecular formula is C25H29N5O5S. The van der Waals surface area contributed by atoms with Crippen molar-refractivity contribution < 1.29 is 23.8 Å². The molecule has 5 rings (SSSR count). The number of aromatic nitrogens is 3. The quantitative estimate of drug-likeness (QED) is 0.406. The Balaban J connectivity index is 1.54. The number of carbonyl (C=O) groups is 2. The number of amides is 2. The molecule has 190 valence electrons. The van der Waals surface area contributed by atoms with Gasteiger partial charge in [-0.3, -0.25) is 4.79 Å². The third-order valence-electron chi connectivity index (χ3n) is 6.60. The molecule has 2 N–H and O–H groups in total. The van der Waals surface area contributed by atoms with E-state index in [1.165, 1.54) is 0 Å². The maximum Gasteiger partial charge on any atom is 0.404 e. The van der Waals surface area contributed by atoms with Crippen LogP contribution in [0, 0.1) is 0 Å². The van der Waals surface area contributed by atoms with Gasteiger partial charge in [-0.1, -0.05) is 0 Å². The number of methoxy groups -OCH3 is 2. The number of ether oxygens (including phenoxy) is 3. The number of rotatable bonds is 7. The molecule has 0 spiro atoms. The average Bonchev–Trinajstić information content (AvgIpc) is 3.55. The minimum atomic E-state index is -0.825. The molecule has 1 aromatic carbocycles. The zero-order valence-corrected chi connectivity index (χ0v) is 21.3. The second-order valence-corrected chi connectivity index (χ2v) is 9.74. The van der Waals surface area contributed by atoms with Crippen LogP contribution in [0.3, 0.4) is 0 Å². The Kier molecular flexibility index (Phi) is 6.59. The minimum Gasteiger partial charge on any atom is -0.494 e. The first-order chi connectivity index (χ1) is 17.4. The lowest BCUT2D eigenvalue weighted by Gasteiger charge is -2.32. The van der Waals surface area contributed by atoms with Crippen LogP contribution in [-0.2, 0) is 23.1 Å². The lowest BCUT2D eigenvalue weighted by atomic mass is 10.1. The molecule has 4 aromatic rings. The van der Waals surface area contributed by atoms with E-state index in [1.54, 1.807) is 42.6 Å². The van der Waals surface area contributed by atoms with Crippen molar-refractivity contribution in [3.8, 4) is 17.3 Å². The number of likely N-dealkylation sites (tertiary alicyclic amines) is 1. The summed E-state index contributed by atoms with van der Waals surface area (Å²) in [5, 5.41) is 3.23. The first-order valence-corrected chi connectivity index (χ1v) is 12.6. The topological polar surface area (TPSA) is 114 Å². The van der Waals surface area contributed by atoms with E-state index in [0.717, 1.165) is 33.7 Å². The molecule has 0 radical (unpaired) electrons. The Morgan fingerprint density at radius 2 is 2.08 bits per heavy atom. The number of nitrogens with two attached hydrogens (primary N) is 1. The molecule has 0 aliphatic carbocycles. The standard InChI is InChI=1S/C25H29N5O5S/c1-28-21-18(27-22(28)19-12-15-6-10-36-24(15)30(19)8-9-33-2)11-16(13-20(21)34-3)23(31)29-7-4-5-17(14-29)35-25(26)32/h6,10-13,17H,4-5,7-9,14H2,1-3H3,(H2,26,32)/t17-/m1/s1. The highest BCUT2D eigenvalue weighted by atomic mass is 32.1. The van der Waals surface area contributed by atoms with E-state index in [2.05, 4.69) is 22.1 Å². The lowest BCUT2D eigenvalue weighted by Crippen LogP contribution is -2.44. The average molecular weight is 512 g/mol. The third kappa shape index (κ3) is 4.28. The maximum atomic E-state index is 13.4. The smallest absolute Gasteiger partial charge is 0.404 e.